The number of carbonyl (C=O) groups excluding carboxylic acids is 1. The molecule has 12 heteroatoms. The summed E-state index contributed by atoms with van der Waals surface area (Å²) in [6.07, 6.45) is 1.66. The minimum absolute atomic E-state index is 0.138. The van der Waals surface area contributed by atoms with Crippen molar-refractivity contribution < 1.29 is 22.9 Å². The third kappa shape index (κ3) is 4.68. The number of amides is 1. The Morgan fingerprint density at radius 1 is 1.24 bits per heavy atom. The number of nitrogens with one attached hydrogen (secondary N) is 1. The van der Waals surface area contributed by atoms with Crippen LogP contribution in [0.3, 0.4) is 0 Å². The van der Waals surface area contributed by atoms with E-state index in [9.17, 15) is 23.3 Å². The second-order valence-electron chi connectivity index (χ2n) is 7.84. The molecule has 1 aromatic heterocycles. The van der Waals surface area contributed by atoms with Crippen LogP contribution in [0.25, 0.3) is 10.2 Å². The Labute approximate surface area is 194 Å². The molecule has 33 heavy (non-hydrogen) atoms. The Morgan fingerprint density at radius 3 is 2.52 bits per heavy atom. The van der Waals surface area contributed by atoms with E-state index in [1.54, 1.807) is 0 Å². The Balaban J connectivity index is 1.52. The molecule has 0 bridgehead atoms. The summed E-state index contributed by atoms with van der Waals surface area (Å²) < 4.78 is 32.9. The van der Waals surface area contributed by atoms with Crippen LogP contribution in [-0.4, -0.2) is 48.7 Å². The molecule has 1 N–H and O–H groups in total. The summed E-state index contributed by atoms with van der Waals surface area (Å²) in [7, 11) is -2.22. The van der Waals surface area contributed by atoms with Gasteiger partial charge in [-0.05, 0) is 43.0 Å². The Bertz CT molecular complexity index is 1310. The van der Waals surface area contributed by atoms with Crippen molar-refractivity contribution in [3.05, 3.63) is 52.1 Å². The summed E-state index contributed by atoms with van der Waals surface area (Å²) in [5.41, 5.74) is 0.528. The maximum atomic E-state index is 12.9. The van der Waals surface area contributed by atoms with Gasteiger partial charge >= 0.3 is 0 Å². The summed E-state index contributed by atoms with van der Waals surface area (Å²) >= 11 is 1.08. The van der Waals surface area contributed by atoms with E-state index in [1.165, 1.54) is 47.8 Å². The van der Waals surface area contributed by atoms with E-state index < -0.39 is 20.9 Å². The monoisotopic (exact) mass is 490 g/mol. The fourth-order valence-electron chi connectivity index (χ4n) is 3.62. The lowest BCUT2D eigenvalue weighted by Crippen LogP contribution is -2.37. The minimum atomic E-state index is -3.60. The van der Waals surface area contributed by atoms with Crippen LogP contribution in [0.1, 0.15) is 30.1 Å². The van der Waals surface area contributed by atoms with Gasteiger partial charge in [0.05, 0.1) is 27.7 Å². The summed E-state index contributed by atoms with van der Waals surface area (Å²) in [5, 5.41) is 14.0. The first-order valence-electron chi connectivity index (χ1n) is 10.2. The van der Waals surface area contributed by atoms with Crippen molar-refractivity contribution in [3.63, 3.8) is 0 Å². The number of thiazole rings is 1. The maximum absolute atomic E-state index is 12.9. The number of piperidine rings is 1. The molecule has 2 heterocycles. The molecule has 0 unspecified atom stereocenters. The van der Waals surface area contributed by atoms with Crippen LogP contribution in [0, 0.1) is 16.0 Å². The predicted molar refractivity (Wildman–Crippen MR) is 124 cm³/mol. The van der Waals surface area contributed by atoms with Gasteiger partial charge in [-0.25, -0.2) is 13.4 Å². The molecular weight excluding hydrogens is 468 g/mol. The van der Waals surface area contributed by atoms with Crippen LogP contribution in [0.4, 0.5) is 10.8 Å². The molecule has 0 aliphatic carbocycles. The normalized spacial score (nSPS) is 15.5. The number of rotatable bonds is 6. The van der Waals surface area contributed by atoms with Gasteiger partial charge in [0.25, 0.3) is 11.6 Å². The highest BCUT2D eigenvalue weighted by Crippen LogP contribution is 2.36. The second kappa shape index (κ2) is 9.04. The average Bonchev–Trinajstić information content (AvgIpc) is 3.21. The predicted octanol–water partition coefficient (Wildman–Crippen LogP) is 3.89. The van der Waals surface area contributed by atoms with Crippen molar-refractivity contribution in [2.75, 3.05) is 25.5 Å². The van der Waals surface area contributed by atoms with Crippen LogP contribution in [0.5, 0.6) is 5.75 Å². The van der Waals surface area contributed by atoms with Crippen molar-refractivity contribution in [3.8, 4) is 5.75 Å². The van der Waals surface area contributed by atoms with Crippen molar-refractivity contribution in [2.45, 2.75) is 24.7 Å². The van der Waals surface area contributed by atoms with Gasteiger partial charge in [0.2, 0.25) is 10.0 Å². The molecule has 1 saturated heterocycles. The number of methoxy groups -OCH3 is 1. The molecule has 0 atom stereocenters. The number of nitrogens with zero attached hydrogens (tertiary/aromatic N) is 3. The molecule has 1 fully saturated rings. The first-order chi connectivity index (χ1) is 15.7. The smallest absolute Gasteiger partial charge is 0.274 e. The number of aromatic nitrogens is 1. The number of nitro groups is 1. The fourth-order valence-corrected chi connectivity index (χ4v) is 6.00. The van der Waals surface area contributed by atoms with Gasteiger partial charge in [-0.1, -0.05) is 18.3 Å². The molecule has 0 radical (unpaired) electrons. The highest BCUT2D eigenvalue weighted by Gasteiger charge is 2.28. The topological polar surface area (TPSA) is 132 Å². The van der Waals surface area contributed by atoms with Gasteiger partial charge in [0, 0.05) is 24.7 Å². The molecular formula is C21H22N4O6S2. The zero-order chi connectivity index (χ0) is 23.8. The van der Waals surface area contributed by atoms with Crippen LogP contribution < -0.4 is 10.1 Å². The number of non-ortho nitro benzene ring substituents is 1. The van der Waals surface area contributed by atoms with Gasteiger partial charge < -0.3 is 4.74 Å². The Kier molecular flexibility index (Phi) is 6.32. The molecule has 0 saturated carbocycles. The van der Waals surface area contributed by atoms with Gasteiger partial charge in [-0.3, -0.25) is 20.2 Å². The first kappa shape index (κ1) is 23.1. The molecule has 4 rings (SSSR count). The minimum Gasteiger partial charge on any atom is -0.494 e. The number of sulfonamides is 1. The van der Waals surface area contributed by atoms with Crippen LogP contribution in [-0.2, 0) is 10.0 Å². The van der Waals surface area contributed by atoms with E-state index in [0.717, 1.165) is 24.2 Å². The van der Waals surface area contributed by atoms with Crippen LogP contribution in [0.2, 0.25) is 0 Å². The molecule has 174 valence electrons. The van der Waals surface area contributed by atoms with Gasteiger partial charge in [-0.2, -0.15) is 4.31 Å². The summed E-state index contributed by atoms with van der Waals surface area (Å²) in [6.45, 7) is 3.09. The van der Waals surface area contributed by atoms with E-state index in [0.29, 0.717) is 29.2 Å². The van der Waals surface area contributed by atoms with Gasteiger partial charge in [0.1, 0.15) is 5.52 Å². The molecule has 1 amide bonds. The Hall–Kier alpha value is -3.09. The quantitative estimate of drug-likeness (QED) is 0.409. The number of fused-ring (bicyclic) bond motifs is 1. The molecule has 1 aliphatic heterocycles. The number of ether oxygens (including phenoxy) is 1. The van der Waals surface area contributed by atoms with Gasteiger partial charge in [0.15, 0.2) is 10.9 Å². The molecule has 0 spiro atoms. The highest BCUT2D eigenvalue weighted by molar-refractivity contribution is 7.89. The largest absolute Gasteiger partial charge is 0.494 e. The maximum Gasteiger partial charge on any atom is 0.274 e. The number of nitro benzene ring substituents is 1. The zero-order valence-corrected chi connectivity index (χ0v) is 19.6. The standard InChI is InChI=1S/C21H22N4O6S2/c1-13-7-9-24(10-8-13)33(29,30)16-5-3-14(4-6-16)20(26)23-21-22-19-17(31-2)11-15(25(27)28)12-18(19)32-21/h3-6,11-13H,7-10H2,1-2H3,(H,22,23,26). The van der Waals surface area contributed by atoms with E-state index in [1.807, 2.05) is 0 Å². The number of carbonyl (C=O) groups is 1. The van der Waals surface area contributed by atoms with E-state index in [2.05, 4.69) is 17.2 Å². The van der Waals surface area contributed by atoms with E-state index >= 15 is 0 Å². The van der Waals surface area contributed by atoms with Gasteiger partial charge in [-0.15, -0.1) is 0 Å². The number of benzene rings is 2. The zero-order valence-electron chi connectivity index (χ0n) is 18.0. The summed E-state index contributed by atoms with van der Waals surface area (Å²) in [4.78, 5) is 27.7. The van der Waals surface area contributed by atoms with Crippen LogP contribution >= 0.6 is 11.3 Å². The lowest BCUT2D eigenvalue weighted by molar-refractivity contribution is -0.384. The highest BCUT2D eigenvalue weighted by atomic mass is 32.2. The molecule has 3 aromatic rings. The first-order valence-corrected chi connectivity index (χ1v) is 12.5. The van der Waals surface area contributed by atoms with E-state index in [4.69, 9.17) is 4.74 Å². The van der Waals surface area contributed by atoms with Crippen molar-refractivity contribution in [2.24, 2.45) is 5.92 Å². The third-order valence-electron chi connectivity index (χ3n) is 5.59. The Morgan fingerprint density at radius 2 is 1.91 bits per heavy atom. The second-order valence-corrected chi connectivity index (χ2v) is 10.8. The molecule has 2 aromatic carbocycles. The summed E-state index contributed by atoms with van der Waals surface area (Å²) in [5.74, 6) is 0.270. The number of hydrogen-bond donors (Lipinski definition) is 1. The van der Waals surface area contributed by atoms with Crippen LogP contribution in [0.15, 0.2) is 41.3 Å². The van der Waals surface area contributed by atoms with E-state index in [-0.39, 0.29) is 27.0 Å². The molecule has 10 nitrogen and oxygen atoms in total. The number of hydrogen-bond acceptors (Lipinski definition) is 8. The van der Waals surface area contributed by atoms with Crippen molar-refractivity contribution in [1.82, 2.24) is 9.29 Å². The summed E-state index contributed by atoms with van der Waals surface area (Å²) in [6, 6.07) is 8.39. The lowest BCUT2D eigenvalue weighted by atomic mass is 10.0. The SMILES string of the molecule is COc1cc([N+](=O)[O-])cc2sc(NC(=O)c3ccc(S(=O)(=O)N4CCC(C)CC4)cc3)nc12. The lowest BCUT2D eigenvalue weighted by Gasteiger charge is -2.29. The fraction of sp³-hybridized carbons (Fsp3) is 0.333. The van der Waals surface area contributed by atoms with Crippen molar-refractivity contribution in [1.29, 1.82) is 0 Å². The van der Waals surface area contributed by atoms with Crippen molar-refractivity contribution >= 4 is 48.3 Å². The number of anilines is 1. The average molecular weight is 491 g/mol. The third-order valence-corrected chi connectivity index (χ3v) is 8.42. The molecule has 1 aliphatic rings.